The zero-order valence-electron chi connectivity index (χ0n) is 21.7. The van der Waals surface area contributed by atoms with Gasteiger partial charge in [0.1, 0.15) is 36.1 Å². The zero-order chi connectivity index (χ0) is 27.5. The predicted molar refractivity (Wildman–Crippen MR) is 146 cm³/mol. The van der Waals surface area contributed by atoms with E-state index < -0.39 is 30.3 Å². The van der Waals surface area contributed by atoms with E-state index in [1.165, 1.54) is 11.8 Å². The summed E-state index contributed by atoms with van der Waals surface area (Å²) in [6.45, 7) is 2.97. The molecule has 2 aliphatic heterocycles. The summed E-state index contributed by atoms with van der Waals surface area (Å²) in [6.07, 6.45) is -3.30. The van der Waals surface area contributed by atoms with Gasteiger partial charge in [0.2, 0.25) is 0 Å². The van der Waals surface area contributed by atoms with E-state index >= 15 is 0 Å². The number of nitriles is 1. The first kappa shape index (κ1) is 26.9. The third-order valence-electron chi connectivity index (χ3n) is 7.38. The van der Waals surface area contributed by atoms with Crippen LogP contribution in [0.4, 0.5) is 5.69 Å². The molecule has 0 spiro atoms. The van der Waals surface area contributed by atoms with Crippen molar-refractivity contribution in [3.8, 4) is 17.3 Å². The minimum atomic E-state index is -1.37. The monoisotopic (exact) mass is 532 g/mol. The summed E-state index contributed by atoms with van der Waals surface area (Å²) in [7, 11) is 1.87. The Balaban J connectivity index is 1.30. The van der Waals surface area contributed by atoms with Crippen LogP contribution in [-0.2, 0) is 21.3 Å². The standard InChI is InChI=1S/C29H32N4O6/c1-32-22(14-21(15-30)29(37)31-16-26-28(36)27(35)25(34)17-39-26)6-7-24(32)20-3-2-19-13-23(5-4-18(19)12-20)33-8-10-38-11-9-33/h2-7,12-14,25-28,34-36H,8-11,16-17H2,1H3,(H,31,37)/b21-14+/t25-,26+,27+,28+/m0/s1. The number of carbonyl (C=O) groups excluding carboxylic acids is 1. The highest BCUT2D eigenvalue weighted by molar-refractivity contribution is 6.01. The molecule has 3 heterocycles. The van der Waals surface area contributed by atoms with Crippen molar-refractivity contribution in [3.05, 3.63) is 59.8 Å². The number of amides is 1. The molecule has 1 aromatic heterocycles. The maximum absolute atomic E-state index is 12.7. The van der Waals surface area contributed by atoms with Crippen molar-refractivity contribution in [2.45, 2.75) is 24.4 Å². The molecule has 3 aromatic rings. The van der Waals surface area contributed by atoms with Gasteiger partial charge in [0.05, 0.1) is 19.8 Å². The second kappa shape index (κ2) is 11.6. The number of hydrogen-bond donors (Lipinski definition) is 4. The number of fused-ring (bicyclic) bond motifs is 1. The SMILES string of the molecule is Cn1c(/C=C(\C#N)C(=O)NC[C@H]2OC[C@H](O)[C@@H](O)[C@@H]2O)ccc1-c1ccc2cc(N3CCOCC3)ccc2c1. The second-order valence-electron chi connectivity index (χ2n) is 9.85. The lowest BCUT2D eigenvalue weighted by atomic mass is 10.00. The van der Waals surface area contributed by atoms with Gasteiger partial charge in [-0.05, 0) is 52.7 Å². The average Bonchev–Trinajstić information content (AvgIpc) is 3.33. The van der Waals surface area contributed by atoms with E-state index in [1.807, 2.05) is 29.8 Å². The highest BCUT2D eigenvalue weighted by Gasteiger charge is 2.37. The van der Waals surface area contributed by atoms with Crippen LogP contribution in [0.2, 0.25) is 0 Å². The van der Waals surface area contributed by atoms with Gasteiger partial charge in [-0.1, -0.05) is 18.2 Å². The quantitative estimate of drug-likeness (QED) is 0.274. The van der Waals surface area contributed by atoms with Crippen LogP contribution < -0.4 is 10.2 Å². The molecule has 0 unspecified atom stereocenters. The van der Waals surface area contributed by atoms with Crippen LogP contribution in [0.3, 0.4) is 0 Å². The average molecular weight is 533 g/mol. The van der Waals surface area contributed by atoms with Crippen molar-refractivity contribution in [2.75, 3.05) is 44.4 Å². The number of ether oxygens (including phenoxy) is 2. The van der Waals surface area contributed by atoms with Gasteiger partial charge in [-0.2, -0.15) is 5.26 Å². The summed E-state index contributed by atoms with van der Waals surface area (Å²) in [5.41, 5.74) is 3.69. The fourth-order valence-electron chi connectivity index (χ4n) is 5.00. The number of aromatic nitrogens is 1. The fourth-order valence-corrected chi connectivity index (χ4v) is 5.00. The number of hydrogen-bond acceptors (Lipinski definition) is 8. The summed E-state index contributed by atoms with van der Waals surface area (Å²) in [6, 6.07) is 18.5. The summed E-state index contributed by atoms with van der Waals surface area (Å²) in [4.78, 5) is 15.0. The first-order valence-electron chi connectivity index (χ1n) is 12.9. The molecule has 2 saturated heterocycles. The number of carbonyl (C=O) groups is 1. The van der Waals surface area contributed by atoms with Crippen molar-refractivity contribution in [1.82, 2.24) is 9.88 Å². The Morgan fingerprint density at radius 1 is 1.08 bits per heavy atom. The van der Waals surface area contributed by atoms with E-state index in [1.54, 1.807) is 0 Å². The molecule has 0 aliphatic carbocycles. The van der Waals surface area contributed by atoms with E-state index in [0.29, 0.717) is 5.69 Å². The molecule has 39 heavy (non-hydrogen) atoms. The van der Waals surface area contributed by atoms with Crippen molar-refractivity contribution in [3.63, 3.8) is 0 Å². The molecule has 2 fully saturated rings. The highest BCUT2D eigenvalue weighted by atomic mass is 16.5. The smallest absolute Gasteiger partial charge is 0.262 e. The molecule has 10 nitrogen and oxygen atoms in total. The van der Waals surface area contributed by atoms with Crippen LogP contribution >= 0.6 is 0 Å². The normalized spacial score (nSPS) is 24.0. The molecule has 2 aliphatic rings. The van der Waals surface area contributed by atoms with Crippen LogP contribution in [0.15, 0.2) is 54.1 Å². The van der Waals surface area contributed by atoms with Crippen molar-refractivity contribution in [1.29, 1.82) is 5.26 Å². The van der Waals surface area contributed by atoms with Gasteiger partial charge >= 0.3 is 0 Å². The van der Waals surface area contributed by atoms with E-state index in [4.69, 9.17) is 9.47 Å². The molecule has 0 radical (unpaired) electrons. The minimum absolute atomic E-state index is 0.109. The second-order valence-corrected chi connectivity index (χ2v) is 9.85. The number of aliphatic hydroxyl groups is 3. The largest absolute Gasteiger partial charge is 0.388 e. The van der Waals surface area contributed by atoms with Gasteiger partial charge in [-0.15, -0.1) is 0 Å². The van der Waals surface area contributed by atoms with E-state index in [2.05, 4.69) is 46.6 Å². The van der Waals surface area contributed by atoms with Gasteiger partial charge < -0.3 is 39.6 Å². The van der Waals surface area contributed by atoms with Crippen LogP contribution in [0.25, 0.3) is 28.1 Å². The lowest BCUT2D eigenvalue weighted by molar-refractivity contribution is -0.185. The number of nitrogens with zero attached hydrogens (tertiary/aromatic N) is 3. The number of benzene rings is 2. The van der Waals surface area contributed by atoms with E-state index in [9.17, 15) is 25.4 Å². The Morgan fingerprint density at radius 2 is 1.82 bits per heavy atom. The maximum atomic E-state index is 12.7. The number of anilines is 1. The molecular weight excluding hydrogens is 500 g/mol. The number of morpholine rings is 1. The first-order chi connectivity index (χ1) is 18.9. The zero-order valence-corrected chi connectivity index (χ0v) is 21.7. The van der Waals surface area contributed by atoms with Crippen LogP contribution in [0, 0.1) is 11.3 Å². The van der Waals surface area contributed by atoms with Crippen LogP contribution in [-0.4, -0.2) is 89.7 Å². The molecular formula is C29H32N4O6. The molecule has 1 amide bonds. The summed E-state index contributed by atoms with van der Waals surface area (Å²) >= 11 is 0. The van der Waals surface area contributed by atoms with Gasteiger partial charge in [0.15, 0.2) is 0 Å². The molecule has 10 heteroatoms. The Kier molecular flexibility index (Phi) is 7.97. The highest BCUT2D eigenvalue weighted by Crippen LogP contribution is 2.29. The molecule has 4 atom stereocenters. The van der Waals surface area contributed by atoms with Crippen molar-refractivity contribution >= 4 is 28.4 Å². The molecule has 204 valence electrons. The molecule has 2 aromatic carbocycles. The molecule has 4 N–H and O–H groups in total. The Bertz CT molecular complexity index is 1420. The number of nitrogens with one attached hydrogen (secondary N) is 1. The maximum Gasteiger partial charge on any atom is 0.262 e. The summed E-state index contributed by atoms with van der Waals surface area (Å²) in [5.74, 6) is -0.626. The lowest BCUT2D eigenvalue weighted by Gasteiger charge is -2.35. The van der Waals surface area contributed by atoms with Crippen molar-refractivity contribution < 1.29 is 29.6 Å². The number of rotatable bonds is 6. The topological polar surface area (TPSA) is 140 Å². The fraction of sp³-hybridized carbons (Fsp3) is 0.379. The molecule has 5 rings (SSSR count). The van der Waals surface area contributed by atoms with Crippen LogP contribution in [0.5, 0.6) is 0 Å². The summed E-state index contributed by atoms with van der Waals surface area (Å²) in [5, 5.41) is 43.9. The van der Waals surface area contributed by atoms with Gasteiger partial charge in [0.25, 0.3) is 5.91 Å². The predicted octanol–water partition coefficient (Wildman–Crippen LogP) is 1.19. The van der Waals surface area contributed by atoms with E-state index in [-0.39, 0.29) is 18.7 Å². The minimum Gasteiger partial charge on any atom is -0.388 e. The summed E-state index contributed by atoms with van der Waals surface area (Å²) < 4.78 is 12.7. The van der Waals surface area contributed by atoms with Gasteiger partial charge in [0, 0.05) is 43.8 Å². The molecule has 0 bridgehead atoms. The Morgan fingerprint density at radius 3 is 2.59 bits per heavy atom. The third-order valence-corrected chi connectivity index (χ3v) is 7.38. The number of aliphatic hydroxyl groups excluding tert-OH is 3. The van der Waals surface area contributed by atoms with Crippen LogP contribution in [0.1, 0.15) is 5.69 Å². The van der Waals surface area contributed by atoms with Crippen molar-refractivity contribution in [2.24, 2.45) is 7.05 Å². The van der Waals surface area contributed by atoms with Gasteiger partial charge in [-0.3, -0.25) is 4.79 Å². The lowest BCUT2D eigenvalue weighted by Crippen LogP contribution is -2.56. The Labute approximate surface area is 226 Å². The van der Waals surface area contributed by atoms with Gasteiger partial charge in [-0.25, -0.2) is 0 Å². The molecule has 0 saturated carbocycles. The third kappa shape index (κ3) is 5.68. The van der Waals surface area contributed by atoms with E-state index in [0.717, 1.165) is 48.3 Å². The Hall–Kier alpha value is -3.72. The first-order valence-corrected chi connectivity index (χ1v) is 12.9.